The van der Waals surface area contributed by atoms with Crippen molar-refractivity contribution >= 4 is 18.3 Å². The van der Waals surface area contributed by atoms with Gasteiger partial charge in [-0.15, -0.1) is 0 Å². The van der Waals surface area contributed by atoms with Crippen molar-refractivity contribution in [2.45, 2.75) is 114 Å². The molecule has 3 atom stereocenters. The maximum Gasteiger partial charge on any atom is 0.333 e. The molecule has 0 spiro atoms. The third-order valence-corrected chi connectivity index (χ3v) is 9.86. The van der Waals surface area contributed by atoms with E-state index in [0.29, 0.717) is 23.9 Å². The number of rotatable bonds is 12. The van der Waals surface area contributed by atoms with Gasteiger partial charge in [0.25, 0.3) is 0 Å². The molecule has 1 aliphatic heterocycles. The smallest absolute Gasteiger partial charge is 0.333 e. The molecular weight excluding hydrogens is 490 g/mol. The van der Waals surface area contributed by atoms with E-state index < -0.39 is 11.5 Å². The Bertz CT molecular complexity index is 953. The van der Waals surface area contributed by atoms with E-state index in [1.165, 1.54) is 44.8 Å². The third-order valence-electron chi connectivity index (χ3n) is 9.86. The van der Waals surface area contributed by atoms with Gasteiger partial charge in [0.1, 0.15) is 0 Å². The van der Waals surface area contributed by atoms with E-state index in [-0.39, 0.29) is 24.9 Å². The minimum atomic E-state index is -1.27. The van der Waals surface area contributed by atoms with Gasteiger partial charge >= 0.3 is 11.9 Å². The molecule has 0 saturated heterocycles. The molecule has 1 heterocycles. The van der Waals surface area contributed by atoms with Crippen molar-refractivity contribution in [2.75, 3.05) is 21.2 Å². The Morgan fingerprint density at radius 3 is 2.38 bits per heavy atom. The summed E-state index contributed by atoms with van der Waals surface area (Å²) in [4.78, 5) is 34.2. The number of aliphatic imine (C=N–C) groups is 1. The number of ether oxygens (including phenoxy) is 1. The second-order valence-corrected chi connectivity index (χ2v) is 12.4. The standard InChI is InChI=1S/C32H49N3O4/c1-34(2)28(19-16-24-10-6-4-7-11-24)26-17-14-25(15-18-26)22-29-32(31(37)38,21-20-30(36)39-3)33-23-35(29)27-12-8-5-9-13-27/h4,6-7,10-11,23,25-29H,5,8-9,12-22H2,1-3H3,(H,37,38). The predicted molar refractivity (Wildman–Crippen MR) is 155 cm³/mol. The maximum absolute atomic E-state index is 12.8. The molecule has 2 saturated carbocycles. The quantitative estimate of drug-likeness (QED) is 0.350. The molecule has 7 nitrogen and oxygen atoms in total. The van der Waals surface area contributed by atoms with Gasteiger partial charge in [-0.1, -0.05) is 62.4 Å². The largest absolute Gasteiger partial charge is 0.479 e. The Hall–Kier alpha value is -2.41. The average molecular weight is 540 g/mol. The Morgan fingerprint density at radius 2 is 1.77 bits per heavy atom. The molecule has 2 fully saturated rings. The van der Waals surface area contributed by atoms with E-state index in [4.69, 9.17) is 4.74 Å². The van der Waals surface area contributed by atoms with E-state index in [1.54, 1.807) is 0 Å². The van der Waals surface area contributed by atoms with Crippen molar-refractivity contribution in [3.8, 4) is 0 Å². The van der Waals surface area contributed by atoms with Gasteiger partial charge in [-0.3, -0.25) is 9.79 Å². The van der Waals surface area contributed by atoms with Crippen LogP contribution in [-0.2, 0) is 20.7 Å². The molecule has 0 aromatic heterocycles. The summed E-state index contributed by atoms with van der Waals surface area (Å²) in [6, 6.07) is 11.5. The summed E-state index contributed by atoms with van der Waals surface area (Å²) in [5.74, 6) is -0.134. The molecule has 3 aliphatic rings. The topological polar surface area (TPSA) is 82.4 Å². The summed E-state index contributed by atoms with van der Waals surface area (Å²) in [5, 5.41) is 10.5. The molecule has 7 heteroatoms. The van der Waals surface area contributed by atoms with Crippen LogP contribution in [0.2, 0.25) is 0 Å². The average Bonchev–Trinajstić information content (AvgIpc) is 3.32. The SMILES string of the molecule is COC(=O)CCC1(C(=O)O)N=CN(C2CCCCC2)C1CC1CCC(C(CCc2ccccc2)N(C)C)CC1. The van der Waals surface area contributed by atoms with E-state index >= 15 is 0 Å². The van der Waals surface area contributed by atoms with Crippen molar-refractivity contribution in [1.29, 1.82) is 0 Å². The Labute approximate surface area is 235 Å². The van der Waals surface area contributed by atoms with Crippen molar-refractivity contribution in [2.24, 2.45) is 16.8 Å². The van der Waals surface area contributed by atoms with Crippen molar-refractivity contribution in [3.05, 3.63) is 35.9 Å². The fourth-order valence-corrected chi connectivity index (χ4v) is 7.56. The van der Waals surface area contributed by atoms with Crippen LogP contribution in [0.5, 0.6) is 0 Å². The number of benzene rings is 1. The summed E-state index contributed by atoms with van der Waals surface area (Å²) in [5.41, 5.74) is 0.128. The molecule has 3 unspecified atom stereocenters. The van der Waals surface area contributed by atoms with Gasteiger partial charge in [0, 0.05) is 18.5 Å². The number of carboxylic acids is 1. The lowest BCUT2D eigenvalue weighted by molar-refractivity contribution is -0.147. The molecule has 0 bridgehead atoms. The molecule has 1 N–H and O–H groups in total. The van der Waals surface area contributed by atoms with Crippen LogP contribution in [0.25, 0.3) is 0 Å². The van der Waals surface area contributed by atoms with Crippen LogP contribution in [0.4, 0.5) is 0 Å². The van der Waals surface area contributed by atoms with E-state index in [1.807, 2.05) is 6.34 Å². The van der Waals surface area contributed by atoms with Gasteiger partial charge < -0.3 is 19.6 Å². The predicted octanol–water partition coefficient (Wildman–Crippen LogP) is 5.57. The normalized spacial score (nSPS) is 28.5. The number of carboxylic acid groups (broad SMARTS) is 1. The highest BCUT2D eigenvalue weighted by Crippen LogP contribution is 2.43. The number of carbonyl (C=O) groups is 2. The minimum Gasteiger partial charge on any atom is -0.479 e. The summed E-state index contributed by atoms with van der Waals surface area (Å²) in [6.45, 7) is 0. The number of carbonyl (C=O) groups excluding carboxylic acids is 1. The van der Waals surface area contributed by atoms with Crippen LogP contribution in [0.1, 0.15) is 89.0 Å². The second kappa shape index (κ2) is 13.8. The Balaban J connectivity index is 1.43. The second-order valence-electron chi connectivity index (χ2n) is 12.4. The molecule has 1 aromatic carbocycles. The number of nitrogens with zero attached hydrogens (tertiary/aromatic N) is 3. The Kier molecular flexibility index (Phi) is 10.4. The lowest BCUT2D eigenvalue weighted by atomic mass is 9.72. The fourth-order valence-electron chi connectivity index (χ4n) is 7.56. The highest BCUT2D eigenvalue weighted by Gasteiger charge is 2.53. The van der Waals surface area contributed by atoms with Gasteiger partial charge in [0.05, 0.1) is 19.5 Å². The molecular formula is C32H49N3O4. The van der Waals surface area contributed by atoms with Crippen LogP contribution in [0, 0.1) is 11.8 Å². The Morgan fingerprint density at radius 1 is 1.08 bits per heavy atom. The van der Waals surface area contributed by atoms with Crippen LogP contribution in [0.15, 0.2) is 35.3 Å². The lowest BCUT2D eigenvalue weighted by Gasteiger charge is -2.43. The monoisotopic (exact) mass is 539 g/mol. The summed E-state index contributed by atoms with van der Waals surface area (Å²) >= 11 is 0. The van der Waals surface area contributed by atoms with Gasteiger partial charge in [0.15, 0.2) is 5.54 Å². The van der Waals surface area contributed by atoms with Crippen molar-refractivity contribution in [1.82, 2.24) is 9.80 Å². The molecule has 1 aromatic rings. The van der Waals surface area contributed by atoms with E-state index in [2.05, 4.69) is 59.2 Å². The molecule has 2 aliphatic carbocycles. The first-order valence-corrected chi connectivity index (χ1v) is 15.2. The minimum absolute atomic E-state index is 0.0772. The van der Waals surface area contributed by atoms with Crippen LogP contribution >= 0.6 is 0 Å². The van der Waals surface area contributed by atoms with Gasteiger partial charge in [0.2, 0.25) is 0 Å². The highest BCUT2D eigenvalue weighted by atomic mass is 16.5. The van der Waals surface area contributed by atoms with E-state index in [9.17, 15) is 14.7 Å². The zero-order valence-corrected chi connectivity index (χ0v) is 24.3. The number of esters is 1. The zero-order chi connectivity index (χ0) is 27.8. The van der Waals surface area contributed by atoms with Gasteiger partial charge in [-0.2, -0.15) is 0 Å². The molecule has 4 rings (SSSR count). The van der Waals surface area contributed by atoms with Crippen LogP contribution < -0.4 is 0 Å². The zero-order valence-electron chi connectivity index (χ0n) is 24.3. The number of hydrogen-bond donors (Lipinski definition) is 1. The lowest BCUT2D eigenvalue weighted by Crippen LogP contribution is -2.55. The molecule has 0 radical (unpaired) electrons. The van der Waals surface area contributed by atoms with Gasteiger partial charge in [-0.05, 0) is 82.9 Å². The first-order chi connectivity index (χ1) is 18.8. The summed E-state index contributed by atoms with van der Waals surface area (Å²) < 4.78 is 4.86. The fraction of sp³-hybridized carbons (Fsp3) is 0.719. The number of hydrogen-bond acceptors (Lipinski definition) is 6. The van der Waals surface area contributed by atoms with Gasteiger partial charge in [-0.25, -0.2) is 4.79 Å². The third kappa shape index (κ3) is 7.22. The number of methoxy groups -OCH3 is 1. The number of aliphatic carboxylic acids is 1. The number of aryl methyl sites for hydroxylation is 1. The first kappa shape index (κ1) is 29.6. The molecule has 39 heavy (non-hydrogen) atoms. The highest BCUT2D eigenvalue weighted by molar-refractivity contribution is 5.86. The van der Waals surface area contributed by atoms with Crippen LogP contribution in [-0.4, -0.2) is 78.1 Å². The maximum atomic E-state index is 12.8. The summed E-state index contributed by atoms with van der Waals surface area (Å²) in [6.07, 6.45) is 15.6. The van der Waals surface area contributed by atoms with E-state index in [0.717, 1.165) is 44.9 Å². The van der Waals surface area contributed by atoms with Crippen molar-refractivity contribution in [3.63, 3.8) is 0 Å². The molecule has 216 valence electrons. The first-order valence-electron chi connectivity index (χ1n) is 15.2. The molecule has 0 amide bonds. The van der Waals surface area contributed by atoms with Crippen molar-refractivity contribution < 1.29 is 19.4 Å². The summed E-state index contributed by atoms with van der Waals surface area (Å²) in [7, 11) is 5.78. The van der Waals surface area contributed by atoms with Crippen LogP contribution in [0.3, 0.4) is 0 Å².